The van der Waals surface area contributed by atoms with Crippen LogP contribution in [0.2, 0.25) is 5.02 Å². The smallest absolute Gasteiger partial charge is 0.247 e. The minimum Gasteiger partial charge on any atom is -0.378 e. The maximum absolute atomic E-state index is 12.1. The van der Waals surface area contributed by atoms with Gasteiger partial charge in [0.2, 0.25) is 11.9 Å². The minimum absolute atomic E-state index is 0.279. The van der Waals surface area contributed by atoms with Gasteiger partial charge in [0.25, 0.3) is 0 Å². The van der Waals surface area contributed by atoms with Crippen LogP contribution < -0.4 is 15.5 Å². The van der Waals surface area contributed by atoms with Crippen LogP contribution in [0, 0.1) is 0 Å². The zero-order valence-electron chi connectivity index (χ0n) is 18.9. The summed E-state index contributed by atoms with van der Waals surface area (Å²) >= 11 is 6.16. The molecule has 2 aromatic carbocycles. The number of hydrogen-bond donors (Lipinski definition) is 2. The Hall–Kier alpha value is -4.01. The Kier molecular flexibility index (Phi) is 6.56. The Labute approximate surface area is 207 Å². The Morgan fingerprint density at radius 1 is 1.11 bits per heavy atom. The van der Waals surface area contributed by atoms with Gasteiger partial charge in [0.15, 0.2) is 0 Å². The molecule has 0 unspecified atom stereocenters. The van der Waals surface area contributed by atoms with E-state index >= 15 is 0 Å². The Bertz CT molecular complexity index is 1400. The van der Waals surface area contributed by atoms with E-state index in [0.29, 0.717) is 29.9 Å². The van der Waals surface area contributed by atoms with Crippen LogP contribution in [0.4, 0.5) is 23.0 Å². The highest BCUT2D eigenvalue weighted by atomic mass is 35.5. The van der Waals surface area contributed by atoms with Gasteiger partial charge in [0.05, 0.1) is 35.1 Å². The van der Waals surface area contributed by atoms with Crippen molar-refractivity contribution >= 4 is 51.4 Å². The molecule has 1 fully saturated rings. The van der Waals surface area contributed by atoms with E-state index in [0.717, 1.165) is 46.5 Å². The lowest BCUT2D eigenvalue weighted by Gasteiger charge is -2.30. The second kappa shape index (κ2) is 10.1. The number of ether oxygens (including phenoxy) is 1. The van der Waals surface area contributed by atoms with Crippen LogP contribution in [-0.2, 0) is 9.53 Å². The normalized spacial score (nSPS) is 13.5. The molecular weight excluding hydrogens is 464 g/mol. The van der Waals surface area contributed by atoms with E-state index in [1.807, 2.05) is 42.5 Å². The van der Waals surface area contributed by atoms with Crippen LogP contribution in [0.25, 0.3) is 22.0 Å². The van der Waals surface area contributed by atoms with Crippen LogP contribution in [-0.4, -0.2) is 47.2 Å². The first-order valence-electron chi connectivity index (χ1n) is 11.1. The molecule has 35 heavy (non-hydrogen) atoms. The van der Waals surface area contributed by atoms with Gasteiger partial charge in [-0.05, 0) is 30.3 Å². The molecule has 1 saturated heterocycles. The molecule has 0 atom stereocenters. The van der Waals surface area contributed by atoms with Crippen molar-refractivity contribution < 1.29 is 9.53 Å². The van der Waals surface area contributed by atoms with Crippen molar-refractivity contribution in [3.8, 4) is 11.1 Å². The van der Waals surface area contributed by atoms with Crippen molar-refractivity contribution in [1.82, 2.24) is 15.0 Å². The number of aromatic nitrogens is 3. The van der Waals surface area contributed by atoms with Crippen LogP contribution >= 0.6 is 11.6 Å². The van der Waals surface area contributed by atoms with E-state index in [1.165, 1.54) is 6.08 Å². The number of carbonyl (C=O) groups excluding carboxylic acids is 1. The third kappa shape index (κ3) is 5.08. The minimum atomic E-state index is -0.279. The first-order valence-corrected chi connectivity index (χ1v) is 11.5. The van der Waals surface area contributed by atoms with E-state index in [-0.39, 0.29) is 5.91 Å². The van der Waals surface area contributed by atoms with Gasteiger partial charge in [-0.2, -0.15) is 0 Å². The molecule has 5 rings (SSSR count). The van der Waals surface area contributed by atoms with Crippen LogP contribution in [0.15, 0.2) is 73.7 Å². The van der Waals surface area contributed by atoms with Gasteiger partial charge in [-0.3, -0.25) is 9.78 Å². The number of nitrogens with one attached hydrogen (secondary N) is 2. The van der Waals surface area contributed by atoms with E-state index in [1.54, 1.807) is 18.6 Å². The SMILES string of the molecule is C=CC(=O)Nc1cc(Nc2ncc3cccc(-c4cncc(Cl)c4)c3n2)ccc1N1CCOCC1. The average Bonchev–Trinajstić information content (AvgIpc) is 2.89. The third-order valence-electron chi connectivity index (χ3n) is 5.67. The monoisotopic (exact) mass is 486 g/mol. The fourth-order valence-corrected chi connectivity index (χ4v) is 4.19. The number of hydrogen-bond acceptors (Lipinski definition) is 7. The first kappa shape index (κ1) is 22.8. The molecule has 4 aromatic rings. The van der Waals surface area contributed by atoms with Crippen molar-refractivity contribution in [2.24, 2.45) is 0 Å². The molecule has 9 heteroatoms. The summed E-state index contributed by atoms with van der Waals surface area (Å²) in [4.78, 5) is 27.7. The number of carbonyl (C=O) groups is 1. The highest BCUT2D eigenvalue weighted by Gasteiger charge is 2.17. The number of amides is 1. The molecule has 1 aliphatic heterocycles. The van der Waals surface area contributed by atoms with E-state index in [9.17, 15) is 4.79 Å². The summed E-state index contributed by atoms with van der Waals surface area (Å²) in [5.74, 6) is 0.151. The lowest BCUT2D eigenvalue weighted by Crippen LogP contribution is -2.36. The molecule has 0 saturated carbocycles. The Morgan fingerprint density at radius 3 is 2.77 bits per heavy atom. The van der Waals surface area contributed by atoms with Crippen molar-refractivity contribution in [3.63, 3.8) is 0 Å². The molecule has 0 bridgehead atoms. The molecule has 0 spiro atoms. The number of para-hydroxylation sites is 1. The number of morpholine rings is 1. The predicted molar refractivity (Wildman–Crippen MR) is 139 cm³/mol. The molecule has 176 valence electrons. The number of halogens is 1. The van der Waals surface area contributed by atoms with Crippen molar-refractivity contribution in [3.05, 3.63) is 78.7 Å². The van der Waals surface area contributed by atoms with Gasteiger partial charge in [0, 0.05) is 53.9 Å². The first-order chi connectivity index (χ1) is 17.1. The zero-order chi connectivity index (χ0) is 24.2. The lowest BCUT2D eigenvalue weighted by atomic mass is 10.0. The maximum atomic E-state index is 12.1. The number of nitrogens with zero attached hydrogens (tertiary/aromatic N) is 4. The molecule has 0 aliphatic carbocycles. The quantitative estimate of drug-likeness (QED) is 0.368. The van der Waals surface area contributed by atoms with Crippen LogP contribution in [0.5, 0.6) is 0 Å². The number of anilines is 4. The topological polar surface area (TPSA) is 92.3 Å². The number of benzene rings is 2. The summed E-state index contributed by atoms with van der Waals surface area (Å²) in [6.07, 6.45) is 6.38. The van der Waals surface area contributed by atoms with E-state index in [2.05, 4.69) is 32.1 Å². The molecular formula is C26H23ClN6O2. The van der Waals surface area contributed by atoms with Crippen molar-refractivity contribution in [2.75, 3.05) is 41.8 Å². The van der Waals surface area contributed by atoms with E-state index in [4.69, 9.17) is 21.3 Å². The molecule has 8 nitrogen and oxygen atoms in total. The highest BCUT2D eigenvalue weighted by Crippen LogP contribution is 2.32. The lowest BCUT2D eigenvalue weighted by molar-refractivity contribution is -0.111. The summed E-state index contributed by atoms with van der Waals surface area (Å²) in [6.45, 7) is 6.35. The van der Waals surface area contributed by atoms with Gasteiger partial charge in [0.1, 0.15) is 0 Å². The predicted octanol–water partition coefficient (Wildman–Crippen LogP) is 5.05. The second-order valence-corrected chi connectivity index (χ2v) is 8.42. The average molecular weight is 487 g/mol. The summed E-state index contributed by atoms with van der Waals surface area (Å²) in [6, 6.07) is 13.5. The van der Waals surface area contributed by atoms with Crippen LogP contribution in [0.3, 0.4) is 0 Å². The molecule has 1 aliphatic rings. The van der Waals surface area contributed by atoms with Crippen molar-refractivity contribution in [2.45, 2.75) is 0 Å². The summed E-state index contributed by atoms with van der Waals surface area (Å²) in [5, 5.41) is 7.63. The standard InChI is InChI=1S/C26H23ClN6O2/c1-2-24(34)31-22-13-20(6-7-23(22)33-8-10-35-11-9-33)30-26-29-15-17-4-3-5-21(25(17)32-26)18-12-19(27)16-28-14-18/h2-7,12-16H,1,8-11H2,(H,31,34)(H,29,30,32). The Balaban J connectivity index is 1.49. The molecule has 2 N–H and O–H groups in total. The van der Waals surface area contributed by atoms with E-state index < -0.39 is 0 Å². The maximum Gasteiger partial charge on any atom is 0.247 e. The largest absolute Gasteiger partial charge is 0.378 e. The van der Waals surface area contributed by atoms with Gasteiger partial charge in [-0.1, -0.05) is 36.4 Å². The second-order valence-electron chi connectivity index (χ2n) is 7.98. The number of rotatable bonds is 6. The summed E-state index contributed by atoms with van der Waals surface area (Å²) in [5.41, 5.74) is 4.89. The van der Waals surface area contributed by atoms with Gasteiger partial charge >= 0.3 is 0 Å². The number of pyridine rings is 1. The van der Waals surface area contributed by atoms with Crippen molar-refractivity contribution in [1.29, 1.82) is 0 Å². The summed E-state index contributed by atoms with van der Waals surface area (Å²) < 4.78 is 5.46. The molecule has 3 heterocycles. The van der Waals surface area contributed by atoms with Gasteiger partial charge in [-0.25, -0.2) is 9.97 Å². The van der Waals surface area contributed by atoms with Crippen LogP contribution in [0.1, 0.15) is 0 Å². The molecule has 0 radical (unpaired) electrons. The third-order valence-corrected chi connectivity index (χ3v) is 5.88. The van der Waals surface area contributed by atoms with Gasteiger partial charge in [-0.15, -0.1) is 0 Å². The number of fused-ring (bicyclic) bond motifs is 1. The molecule has 2 aromatic heterocycles. The van der Waals surface area contributed by atoms with Gasteiger partial charge < -0.3 is 20.3 Å². The summed E-state index contributed by atoms with van der Waals surface area (Å²) in [7, 11) is 0. The Morgan fingerprint density at radius 2 is 1.97 bits per heavy atom. The highest BCUT2D eigenvalue weighted by molar-refractivity contribution is 6.30. The fourth-order valence-electron chi connectivity index (χ4n) is 4.01. The fraction of sp³-hybridized carbons (Fsp3) is 0.154. The zero-order valence-corrected chi connectivity index (χ0v) is 19.6. The molecule has 1 amide bonds.